The molecular formula is C18H23NaO3S. The van der Waals surface area contributed by atoms with E-state index in [1.54, 1.807) is 6.07 Å². The minimum atomic E-state index is -4.41. The first-order valence-corrected chi connectivity index (χ1v) is 9.41. The fourth-order valence-electron chi connectivity index (χ4n) is 2.81. The monoisotopic (exact) mass is 342 g/mol. The van der Waals surface area contributed by atoms with Crippen molar-refractivity contribution in [3.05, 3.63) is 42.0 Å². The van der Waals surface area contributed by atoms with Crippen molar-refractivity contribution in [2.24, 2.45) is 0 Å². The smallest absolute Gasteiger partial charge is 0.744 e. The molecule has 5 heteroatoms. The molecule has 3 nitrogen and oxygen atoms in total. The summed E-state index contributed by atoms with van der Waals surface area (Å²) in [6.07, 6.45) is 7.95. The van der Waals surface area contributed by atoms with E-state index in [1.165, 1.54) is 31.7 Å². The molecule has 0 bridgehead atoms. The summed E-state index contributed by atoms with van der Waals surface area (Å²) >= 11 is 0. The fraction of sp³-hybridized carbons (Fsp3) is 0.444. The van der Waals surface area contributed by atoms with Crippen LogP contribution in [0, 0.1) is 0 Å². The minimum Gasteiger partial charge on any atom is -0.744 e. The SMILES string of the molecule is CCCCCCCCc1cc(S(=O)(=O)[O-])cc2ccccc12.[Na+]. The molecule has 0 amide bonds. The van der Waals surface area contributed by atoms with E-state index >= 15 is 0 Å². The van der Waals surface area contributed by atoms with Gasteiger partial charge in [0, 0.05) is 0 Å². The van der Waals surface area contributed by atoms with E-state index in [9.17, 15) is 13.0 Å². The van der Waals surface area contributed by atoms with Gasteiger partial charge in [0.05, 0.1) is 4.90 Å². The summed E-state index contributed by atoms with van der Waals surface area (Å²) in [6, 6.07) is 10.7. The van der Waals surface area contributed by atoms with Crippen LogP contribution >= 0.6 is 0 Å². The maximum Gasteiger partial charge on any atom is 1.00 e. The Bertz CT molecular complexity index is 726. The molecule has 120 valence electrons. The standard InChI is InChI=1S/C18H24O3S.Na/c1-2-3-4-5-6-7-10-15-13-17(22(19,20)21)14-16-11-8-9-12-18(15)16;/h8-9,11-14H,2-7,10H2,1H3,(H,19,20,21);/q;+1/p-1. The summed E-state index contributed by atoms with van der Waals surface area (Å²) in [5.74, 6) is 0. The van der Waals surface area contributed by atoms with Crippen molar-refractivity contribution in [1.29, 1.82) is 0 Å². The van der Waals surface area contributed by atoms with E-state index in [0.717, 1.165) is 35.6 Å². The second-order valence-corrected chi connectivity index (χ2v) is 7.16. The molecule has 23 heavy (non-hydrogen) atoms. The van der Waals surface area contributed by atoms with Crippen molar-refractivity contribution in [3.8, 4) is 0 Å². The van der Waals surface area contributed by atoms with Crippen LogP contribution in [-0.4, -0.2) is 13.0 Å². The third-order valence-electron chi connectivity index (χ3n) is 4.01. The quantitative estimate of drug-likeness (QED) is 0.416. The van der Waals surface area contributed by atoms with Gasteiger partial charge >= 0.3 is 29.6 Å². The van der Waals surface area contributed by atoms with Gasteiger partial charge in [-0.1, -0.05) is 63.3 Å². The summed E-state index contributed by atoms with van der Waals surface area (Å²) in [5, 5.41) is 1.86. The van der Waals surface area contributed by atoms with E-state index in [-0.39, 0.29) is 34.5 Å². The van der Waals surface area contributed by atoms with E-state index in [2.05, 4.69) is 6.92 Å². The van der Waals surface area contributed by atoms with Crippen LogP contribution in [0.25, 0.3) is 10.8 Å². The van der Waals surface area contributed by atoms with Crippen LogP contribution in [0.3, 0.4) is 0 Å². The second-order valence-electron chi connectivity index (χ2n) is 5.78. The zero-order valence-corrected chi connectivity index (χ0v) is 16.9. The molecule has 0 atom stereocenters. The average molecular weight is 342 g/mol. The maximum atomic E-state index is 11.3. The molecule has 0 saturated carbocycles. The zero-order chi connectivity index (χ0) is 16.0. The Morgan fingerprint density at radius 1 is 0.957 bits per heavy atom. The van der Waals surface area contributed by atoms with Crippen LogP contribution in [0.2, 0.25) is 0 Å². The molecule has 0 radical (unpaired) electrons. The van der Waals surface area contributed by atoms with E-state index in [1.807, 2.05) is 24.3 Å². The normalized spacial score (nSPS) is 11.4. The van der Waals surface area contributed by atoms with Crippen LogP contribution in [0.5, 0.6) is 0 Å². The van der Waals surface area contributed by atoms with Crippen molar-refractivity contribution in [2.75, 3.05) is 0 Å². The topological polar surface area (TPSA) is 57.2 Å². The van der Waals surface area contributed by atoms with Crippen molar-refractivity contribution < 1.29 is 42.5 Å². The summed E-state index contributed by atoms with van der Waals surface area (Å²) in [4.78, 5) is -0.118. The van der Waals surface area contributed by atoms with Gasteiger partial charge in [-0.05, 0) is 41.3 Å². The van der Waals surface area contributed by atoms with E-state index in [0.29, 0.717) is 0 Å². The molecular weight excluding hydrogens is 319 g/mol. The van der Waals surface area contributed by atoms with Crippen LogP contribution < -0.4 is 29.6 Å². The van der Waals surface area contributed by atoms with Gasteiger partial charge in [-0.3, -0.25) is 0 Å². The average Bonchev–Trinajstić information content (AvgIpc) is 2.49. The van der Waals surface area contributed by atoms with Gasteiger partial charge < -0.3 is 4.55 Å². The predicted octanol–water partition coefficient (Wildman–Crippen LogP) is 1.65. The third kappa shape index (κ3) is 6.20. The summed E-state index contributed by atoms with van der Waals surface area (Å²) in [7, 11) is -4.41. The number of hydrogen-bond donors (Lipinski definition) is 0. The summed E-state index contributed by atoms with van der Waals surface area (Å²) in [5.41, 5.74) is 0.961. The van der Waals surface area contributed by atoms with Crippen molar-refractivity contribution in [3.63, 3.8) is 0 Å². The molecule has 0 aliphatic carbocycles. The Morgan fingerprint density at radius 2 is 1.61 bits per heavy atom. The van der Waals surface area contributed by atoms with E-state index < -0.39 is 10.1 Å². The molecule has 0 aliphatic heterocycles. The molecule has 0 N–H and O–H groups in total. The Kier molecular flexibility index (Phi) is 8.80. The molecule has 0 heterocycles. The first kappa shape index (κ1) is 20.7. The second kappa shape index (κ2) is 9.80. The number of aryl methyl sites for hydroxylation is 1. The molecule has 0 saturated heterocycles. The summed E-state index contributed by atoms with van der Waals surface area (Å²) < 4.78 is 34.0. The largest absolute Gasteiger partial charge is 1.00 e. The van der Waals surface area contributed by atoms with Crippen LogP contribution in [0.15, 0.2) is 41.3 Å². The van der Waals surface area contributed by atoms with Crippen LogP contribution in [0.4, 0.5) is 0 Å². The van der Waals surface area contributed by atoms with Gasteiger partial charge in [0.25, 0.3) is 0 Å². The van der Waals surface area contributed by atoms with Gasteiger partial charge in [-0.2, -0.15) is 0 Å². The molecule has 2 aromatic rings. The molecule has 0 aromatic heterocycles. The molecule has 2 aromatic carbocycles. The van der Waals surface area contributed by atoms with Crippen LogP contribution in [0.1, 0.15) is 51.0 Å². The van der Waals surface area contributed by atoms with Crippen molar-refractivity contribution >= 4 is 20.9 Å². The zero-order valence-electron chi connectivity index (χ0n) is 14.0. The Balaban J connectivity index is 0.00000264. The van der Waals surface area contributed by atoms with Gasteiger partial charge in [-0.15, -0.1) is 0 Å². The van der Waals surface area contributed by atoms with E-state index in [4.69, 9.17) is 0 Å². The van der Waals surface area contributed by atoms with Gasteiger partial charge in [0.2, 0.25) is 0 Å². The van der Waals surface area contributed by atoms with Crippen molar-refractivity contribution in [2.45, 2.75) is 56.8 Å². The third-order valence-corrected chi connectivity index (χ3v) is 4.82. The molecule has 0 aliphatic rings. The Morgan fingerprint density at radius 3 is 2.30 bits per heavy atom. The summed E-state index contributed by atoms with van der Waals surface area (Å²) in [6.45, 7) is 2.20. The number of benzene rings is 2. The fourth-order valence-corrected chi connectivity index (χ4v) is 3.36. The Labute approximate surface area is 161 Å². The molecule has 2 rings (SSSR count). The number of hydrogen-bond acceptors (Lipinski definition) is 3. The maximum absolute atomic E-state index is 11.3. The van der Waals surface area contributed by atoms with Gasteiger partial charge in [0.15, 0.2) is 0 Å². The van der Waals surface area contributed by atoms with Gasteiger partial charge in [0.1, 0.15) is 10.1 Å². The molecule has 0 fully saturated rings. The molecule has 0 spiro atoms. The number of fused-ring (bicyclic) bond motifs is 1. The molecule has 0 unspecified atom stereocenters. The van der Waals surface area contributed by atoms with Crippen molar-refractivity contribution in [1.82, 2.24) is 0 Å². The number of unbranched alkanes of at least 4 members (excludes halogenated alkanes) is 5. The first-order valence-electron chi connectivity index (χ1n) is 8.00. The van der Waals surface area contributed by atoms with Gasteiger partial charge in [-0.25, -0.2) is 8.42 Å². The first-order chi connectivity index (χ1) is 10.5. The number of rotatable bonds is 8. The Hall–Kier alpha value is -0.390. The predicted molar refractivity (Wildman–Crippen MR) is 89.0 cm³/mol. The van der Waals surface area contributed by atoms with Crippen LogP contribution in [-0.2, 0) is 16.5 Å². The minimum absolute atomic E-state index is 0.